The van der Waals surface area contributed by atoms with Crippen molar-refractivity contribution in [3.63, 3.8) is 0 Å². The van der Waals surface area contributed by atoms with E-state index in [1.54, 1.807) is 37.3 Å². The van der Waals surface area contributed by atoms with E-state index in [1.807, 2.05) is 18.2 Å². The Hall–Kier alpha value is -1.98. The fraction of sp³-hybridized carbons (Fsp3) is 0.211. The van der Waals surface area contributed by atoms with Crippen LogP contribution in [-0.4, -0.2) is 19.2 Å². The maximum atomic E-state index is 5.47. The number of aryl methyl sites for hydroxylation is 1. The summed E-state index contributed by atoms with van der Waals surface area (Å²) in [5, 5.41) is 3.08. The molecule has 0 unspecified atom stereocenters. The van der Waals surface area contributed by atoms with Crippen LogP contribution in [0.15, 0.2) is 52.7 Å². The second kappa shape index (κ2) is 7.73. The summed E-state index contributed by atoms with van der Waals surface area (Å²) in [6.07, 6.45) is 0. The minimum Gasteiger partial charge on any atom is -0.497 e. The van der Waals surface area contributed by atoms with Crippen molar-refractivity contribution < 1.29 is 9.47 Å². The van der Waals surface area contributed by atoms with Crippen molar-refractivity contribution in [2.24, 2.45) is 0 Å². The van der Waals surface area contributed by atoms with Crippen LogP contribution in [0, 0.1) is 6.92 Å². The van der Waals surface area contributed by atoms with Crippen LogP contribution in [0.2, 0.25) is 0 Å². The van der Waals surface area contributed by atoms with Gasteiger partial charge in [0.1, 0.15) is 16.5 Å². The molecule has 3 nitrogen and oxygen atoms in total. The number of benzene rings is 2. The van der Waals surface area contributed by atoms with Gasteiger partial charge in [0.05, 0.1) is 25.5 Å². The molecule has 0 amide bonds. The predicted octanol–water partition coefficient (Wildman–Crippen LogP) is 5.43. The van der Waals surface area contributed by atoms with Gasteiger partial charge in [0.15, 0.2) is 0 Å². The average molecular weight is 358 g/mol. The Morgan fingerprint density at radius 2 is 1.83 bits per heavy atom. The summed E-state index contributed by atoms with van der Waals surface area (Å²) in [5.74, 6) is 2.42. The number of rotatable bonds is 6. The first kappa shape index (κ1) is 16.9. The maximum Gasteiger partial charge on any atom is 0.132 e. The zero-order valence-electron chi connectivity index (χ0n) is 13.9. The highest BCUT2D eigenvalue weighted by atomic mass is 32.2. The number of thiazole rings is 1. The molecule has 0 N–H and O–H groups in total. The molecule has 1 heterocycles. The SMILES string of the molecule is COc1ccc(-c2nc(CSc3ccc(C)cc3)cs2)c(OC)c1. The van der Waals surface area contributed by atoms with Gasteiger partial charge in [0.2, 0.25) is 0 Å². The van der Waals surface area contributed by atoms with Crippen LogP contribution in [0.3, 0.4) is 0 Å². The zero-order valence-corrected chi connectivity index (χ0v) is 15.5. The number of thioether (sulfide) groups is 1. The van der Waals surface area contributed by atoms with Crippen molar-refractivity contribution in [2.75, 3.05) is 14.2 Å². The summed E-state index contributed by atoms with van der Waals surface area (Å²) in [4.78, 5) is 6.02. The second-order valence-electron chi connectivity index (χ2n) is 5.31. The summed E-state index contributed by atoms with van der Waals surface area (Å²) >= 11 is 3.44. The van der Waals surface area contributed by atoms with Crippen LogP contribution in [-0.2, 0) is 5.75 Å². The largest absolute Gasteiger partial charge is 0.497 e. The molecule has 2 aromatic carbocycles. The first-order valence-electron chi connectivity index (χ1n) is 7.56. The second-order valence-corrected chi connectivity index (χ2v) is 7.22. The predicted molar refractivity (Wildman–Crippen MR) is 101 cm³/mol. The molecule has 0 aliphatic carbocycles. The van der Waals surface area contributed by atoms with Gasteiger partial charge in [-0.15, -0.1) is 23.1 Å². The molecule has 0 aliphatic heterocycles. The highest BCUT2D eigenvalue weighted by molar-refractivity contribution is 7.98. The van der Waals surface area contributed by atoms with Gasteiger partial charge in [-0.25, -0.2) is 4.98 Å². The van der Waals surface area contributed by atoms with Crippen molar-refractivity contribution in [1.29, 1.82) is 0 Å². The molecule has 0 bridgehead atoms. The number of hydrogen-bond donors (Lipinski definition) is 0. The van der Waals surface area contributed by atoms with Crippen molar-refractivity contribution in [2.45, 2.75) is 17.6 Å². The summed E-state index contributed by atoms with van der Waals surface area (Å²) < 4.78 is 10.7. The van der Waals surface area contributed by atoms with Crippen molar-refractivity contribution in [3.8, 4) is 22.1 Å². The molecule has 3 aromatic rings. The molecule has 0 saturated carbocycles. The zero-order chi connectivity index (χ0) is 16.9. The molecule has 0 saturated heterocycles. The van der Waals surface area contributed by atoms with Crippen LogP contribution < -0.4 is 9.47 Å². The van der Waals surface area contributed by atoms with E-state index < -0.39 is 0 Å². The number of methoxy groups -OCH3 is 2. The van der Waals surface area contributed by atoms with Gasteiger partial charge in [-0.1, -0.05) is 17.7 Å². The topological polar surface area (TPSA) is 31.4 Å². The minimum absolute atomic E-state index is 0.779. The smallest absolute Gasteiger partial charge is 0.132 e. The van der Waals surface area contributed by atoms with Crippen LogP contribution in [0.25, 0.3) is 10.6 Å². The van der Waals surface area contributed by atoms with Gasteiger partial charge in [0, 0.05) is 22.1 Å². The van der Waals surface area contributed by atoms with E-state index in [4.69, 9.17) is 14.5 Å². The lowest BCUT2D eigenvalue weighted by Crippen LogP contribution is -1.90. The van der Waals surface area contributed by atoms with Crippen molar-refractivity contribution in [3.05, 3.63) is 59.1 Å². The Morgan fingerprint density at radius 1 is 1.04 bits per heavy atom. The maximum absolute atomic E-state index is 5.47. The normalized spacial score (nSPS) is 10.6. The third kappa shape index (κ3) is 3.91. The Bertz CT molecular complexity index is 812. The van der Waals surface area contributed by atoms with Gasteiger partial charge in [-0.3, -0.25) is 0 Å². The molecular weight excluding hydrogens is 338 g/mol. The average Bonchev–Trinajstić information content (AvgIpc) is 3.09. The van der Waals surface area contributed by atoms with E-state index in [9.17, 15) is 0 Å². The quantitative estimate of drug-likeness (QED) is 0.551. The lowest BCUT2D eigenvalue weighted by Gasteiger charge is -2.08. The van der Waals surface area contributed by atoms with Crippen LogP contribution in [0.4, 0.5) is 0 Å². The molecule has 0 fully saturated rings. The van der Waals surface area contributed by atoms with Crippen molar-refractivity contribution >= 4 is 23.1 Å². The van der Waals surface area contributed by atoms with E-state index >= 15 is 0 Å². The highest BCUT2D eigenvalue weighted by Crippen LogP contribution is 2.35. The molecule has 0 radical (unpaired) electrons. The Kier molecular flexibility index (Phi) is 5.43. The van der Waals surface area contributed by atoms with Crippen LogP contribution in [0.1, 0.15) is 11.3 Å². The molecule has 1 aromatic heterocycles. The van der Waals surface area contributed by atoms with Crippen LogP contribution >= 0.6 is 23.1 Å². The third-order valence-corrected chi connectivity index (χ3v) is 5.57. The van der Waals surface area contributed by atoms with Gasteiger partial charge < -0.3 is 9.47 Å². The van der Waals surface area contributed by atoms with Crippen LogP contribution in [0.5, 0.6) is 11.5 Å². The number of nitrogens with zero attached hydrogens (tertiary/aromatic N) is 1. The summed E-state index contributed by atoms with van der Waals surface area (Å²) in [7, 11) is 3.32. The number of ether oxygens (including phenoxy) is 2. The number of hydrogen-bond acceptors (Lipinski definition) is 5. The first-order valence-corrected chi connectivity index (χ1v) is 9.42. The van der Waals surface area contributed by atoms with Gasteiger partial charge in [-0.05, 0) is 31.2 Å². The van der Waals surface area contributed by atoms with E-state index in [2.05, 4.69) is 36.6 Å². The molecule has 124 valence electrons. The van der Waals surface area contributed by atoms with E-state index in [0.29, 0.717) is 0 Å². The Labute approximate surface area is 150 Å². The highest BCUT2D eigenvalue weighted by Gasteiger charge is 2.12. The molecular formula is C19H19NO2S2. The fourth-order valence-electron chi connectivity index (χ4n) is 2.26. The van der Waals surface area contributed by atoms with E-state index in [1.165, 1.54) is 10.5 Å². The van der Waals surface area contributed by atoms with E-state index in [0.717, 1.165) is 33.5 Å². The first-order chi connectivity index (χ1) is 11.7. The molecule has 0 spiro atoms. The fourth-order valence-corrected chi connectivity index (χ4v) is 4.01. The van der Waals surface area contributed by atoms with Gasteiger partial charge in [-0.2, -0.15) is 0 Å². The lowest BCUT2D eigenvalue weighted by molar-refractivity contribution is 0.395. The lowest BCUT2D eigenvalue weighted by atomic mass is 10.2. The summed E-state index contributed by atoms with van der Waals surface area (Å²) in [5.41, 5.74) is 3.36. The van der Waals surface area contributed by atoms with E-state index in [-0.39, 0.29) is 0 Å². The molecule has 0 aliphatic rings. The number of aromatic nitrogens is 1. The summed E-state index contributed by atoms with van der Waals surface area (Å²) in [6, 6.07) is 14.4. The standard InChI is InChI=1S/C19H19NO2S2/c1-13-4-7-16(8-5-13)23-11-14-12-24-19(20-14)17-9-6-15(21-2)10-18(17)22-3/h4-10,12H,11H2,1-3H3. The molecule has 5 heteroatoms. The Morgan fingerprint density at radius 3 is 2.54 bits per heavy atom. The molecule has 3 rings (SSSR count). The minimum atomic E-state index is 0.779. The van der Waals surface area contributed by atoms with Gasteiger partial charge in [0.25, 0.3) is 0 Å². The van der Waals surface area contributed by atoms with Crippen molar-refractivity contribution in [1.82, 2.24) is 4.98 Å². The molecule has 0 atom stereocenters. The Balaban J connectivity index is 1.74. The van der Waals surface area contributed by atoms with Gasteiger partial charge >= 0.3 is 0 Å². The summed E-state index contributed by atoms with van der Waals surface area (Å²) in [6.45, 7) is 2.10. The molecule has 24 heavy (non-hydrogen) atoms. The monoisotopic (exact) mass is 357 g/mol. The third-order valence-electron chi connectivity index (χ3n) is 3.60.